The topological polar surface area (TPSA) is 26.3 Å². The molecule has 0 aromatic carbocycles. The molecule has 0 aliphatic rings. The molecule has 2 heteroatoms. The lowest BCUT2D eigenvalue weighted by Crippen LogP contribution is -2.39. The van der Waals surface area contributed by atoms with Crippen LogP contribution in [0.15, 0.2) is 0 Å². The zero-order valence-electron chi connectivity index (χ0n) is 11.1. The third-order valence-corrected chi connectivity index (χ3v) is 3.14. The van der Waals surface area contributed by atoms with E-state index < -0.39 is 5.60 Å². The number of rotatable bonds is 6. The lowest BCUT2D eigenvalue weighted by atomic mass is 9.83. The maximum absolute atomic E-state index is 12.1. The van der Waals surface area contributed by atoms with Gasteiger partial charge in [-0.25, -0.2) is 0 Å². The first-order valence-corrected chi connectivity index (χ1v) is 5.89. The number of hydrogen-bond acceptors (Lipinski definition) is 2. The molecule has 0 rings (SSSR count). The molecule has 0 amide bonds. The largest absolute Gasteiger partial charge is 0.370 e. The van der Waals surface area contributed by atoms with Gasteiger partial charge in [0.25, 0.3) is 0 Å². The Bertz CT molecular complexity index is 189. The normalized spacial score (nSPS) is 12.9. The van der Waals surface area contributed by atoms with Gasteiger partial charge in [0, 0.05) is 13.5 Å². The Labute approximate surface area is 94.4 Å². The first-order valence-electron chi connectivity index (χ1n) is 5.89. The quantitative estimate of drug-likeness (QED) is 0.675. The molecule has 0 aromatic rings. The summed E-state index contributed by atoms with van der Waals surface area (Å²) in [6.07, 6.45) is 3.09. The van der Waals surface area contributed by atoms with Gasteiger partial charge < -0.3 is 4.74 Å². The zero-order valence-corrected chi connectivity index (χ0v) is 11.1. The van der Waals surface area contributed by atoms with Crippen molar-refractivity contribution in [1.29, 1.82) is 0 Å². The molecule has 0 aliphatic carbocycles. The summed E-state index contributed by atoms with van der Waals surface area (Å²) in [4.78, 5) is 12.1. The summed E-state index contributed by atoms with van der Waals surface area (Å²) in [6.45, 7) is 10.5. The van der Waals surface area contributed by atoms with Gasteiger partial charge in [-0.2, -0.15) is 0 Å². The van der Waals surface area contributed by atoms with E-state index in [0.717, 1.165) is 19.3 Å². The van der Waals surface area contributed by atoms with Crippen molar-refractivity contribution in [3.05, 3.63) is 0 Å². The maximum atomic E-state index is 12.1. The highest BCUT2D eigenvalue weighted by Crippen LogP contribution is 2.27. The van der Waals surface area contributed by atoms with Crippen LogP contribution in [0, 0.1) is 5.41 Å². The van der Waals surface area contributed by atoms with Crippen LogP contribution in [-0.2, 0) is 9.53 Å². The minimum Gasteiger partial charge on any atom is -0.370 e. The molecule has 0 saturated heterocycles. The number of Topliss-reactive ketones (excluding diaryl/α,β-unsaturated/α-hetero) is 1. The molecule has 2 nitrogen and oxygen atoms in total. The van der Waals surface area contributed by atoms with Crippen LogP contribution in [0.3, 0.4) is 0 Å². The minimum absolute atomic E-state index is 0.219. The predicted octanol–water partition coefficient (Wildman–Crippen LogP) is 3.59. The predicted molar refractivity (Wildman–Crippen MR) is 64.0 cm³/mol. The zero-order chi connectivity index (χ0) is 12.1. The Kier molecular flexibility index (Phi) is 5.50. The van der Waals surface area contributed by atoms with Crippen molar-refractivity contribution in [2.75, 3.05) is 7.11 Å². The molecular formula is C13H26O2. The Morgan fingerprint density at radius 3 is 1.87 bits per heavy atom. The van der Waals surface area contributed by atoms with Crippen LogP contribution in [-0.4, -0.2) is 18.5 Å². The molecule has 0 N–H and O–H groups in total. The third-order valence-electron chi connectivity index (χ3n) is 3.14. The summed E-state index contributed by atoms with van der Waals surface area (Å²) in [7, 11) is 1.64. The van der Waals surface area contributed by atoms with Crippen molar-refractivity contribution < 1.29 is 9.53 Å². The van der Waals surface area contributed by atoms with Gasteiger partial charge in [0.05, 0.1) is 0 Å². The Morgan fingerprint density at radius 2 is 1.60 bits per heavy atom. The second kappa shape index (κ2) is 5.64. The van der Waals surface area contributed by atoms with Crippen molar-refractivity contribution in [3.8, 4) is 0 Å². The molecule has 0 fully saturated rings. The van der Waals surface area contributed by atoms with Gasteiger partial charge in [-0.15, -0.1) is 0 Å². The molecule has 90 valence electrons. The summed E-state index contributed by atoms with van der Waals surface area (Å²) >= 11 is 0. The molecule has 0 heterocycles. The Morgan fingerprint density at radius 1 is 1.13 bits per heavy atom. The number of ketones is 1. The highest BCUT2D eigenvalue weighted by molar-refractivity contribution is 5.87. The van der Waals surface area contributed by atoms with E-state index in [0.29, 0.717) is 6.42 Å². The minimum atomic E-state index is -0.536. The fourth-order valence-corrected chi connectivity index (χ4v) is 1.76. The van der Waals surface area contributed by atoms with Crippen LogP contribution in [0.5, 0.6) is 0 Å². The van der Waals surface area contributed by atoms with Gasteiger partial charge in [0.2, 0.25) is 0 Å². The van der Waals surface area contributed by atoms with E-state index in [1.165, 1.54) is 0 Å². The lowest BCUT2D eigenvalue weighted by Gasteiger charge is -2.29. The van der Waals surface area contributed by atoms with Crippen molar-refractivity contribution in [1.82, 2.24) is 0 Å². The lowest BCUT2D eigenvalue weighted by molar-refractivity contribution is -0.142. The highest BCUT2D eigenvalue weighted by Gasteiger charge is 2.34. The van der Waals surface area contributed by atoms with Gasteiger partial charge >= 0.3 is 0 Å². The first kappa shape index (κ1) is 14.6. The standard InChI is InChI=1S/C13H26O2/c1-7-13(8-2,15-6)11(14)9-10-12(3,4)5/h7-10H2,1-6H3. The molecule has 0 aliphatic heterocycles. The molecule has 0 saturated carbocycles. The van der Waals surface area contributed by atoms with E-state index >= 15 is 0 Å². The van der Waals surface area contributed by atoms with Crippen molar-refractivity contribution in [2.45, 2.75) is 65.9 Å². The van der Waals surface area contributed by atoms with Crippen LogP contribution in [0.4, 0.5) is 0 Å². The molecule has 0 radical (unpaired) electrons. The first-order chi connectivity index (χ1) is 6.81. The van der Waals surface area contributed by atoms with Crippen LogP contribution >= 0.6 is 0 Å². The molecule has 0 unspecified atom stereocenters. The van der Waals surface area contributed by atoms with Crippen molar-refractivity contribution in [3.63, 3.8) is 0 Å². The van der Waals surface area contributed by atoms with Gasteiger partial charge in [-0.05, 0) is 24.7 Å². The van der Waals surface area contributed by atoms with Crippen LogP contribution < -0.4 is 0 Å². The monoisotopic (exact) mass is 214 g/mol. The van der Waals surface area contributed by atoms with Gasteiger partial charge in [-0.1, -0.05) is 34.6 Å². The molecule has 0 bridgehead atoms. The van der Waals surface area contributed by atoms with Gasteiger partial charge in [-0.3, -0.25) is 4.79 Å². The number of hydrogen-bond donors (Lipinski definition) is 0. The van der Waals surface area contributed by atoms with E-state index in [4.69, 9.17) is 4.74 Å². The SMILES string of the molecule is CCC(CC)(OC)C(=O)CCC(C)(C)C. The summed E-state index contributed by atoms with van der Waals surface area (Å²) in [5, 5.41) is 0. The molecule has 0 atom stereocenters. The second-order valence-corrected chi connectivity index (χ2v) is 5.39. The molecule has 0 aromatic heterocycles. The molecular weight excluding hydrogens is 188 g/mol. The summed E-state index contributed by atoms with van der Waals surface area (Å²) in [5.41, 5.74) is -0.318. The number of carbonyl (C=O) groups is 1. The molecule has 15 heavy (non-hydrogen) atoms. The summed E-state index contributed by atoms with van der Waals surface area (Å²) in [6, 6.07) is 0. The number of ether oxygens (including phenoxy) is 1. The van der Waals surface area contributed by atoms with E-state index in [1.807, 2.05) is 13.8 Å². The number of carbonyl (C=O) groups excluding carboxylic acids is 1. The van der Waals surface area contributed by atoms with Crippen LogP contribution in [0.25, 0.3) is 0 Å². The average Bonchev–Trinajstić information content (AvgIpc) is 2.17. The fourth-order valence-electron chi connectivity index (χ4n) is 1.76. The smallest absolute Gasteiger partial charge is 0.164 e. The maximum Gasteiger partial charge on any atom is 0.164 e. The third kappa shape index (κ3) is 4.33. The van der Waals surface area contributed by atoms with Crippen molar-refractivity contribution in [2.24, 2.45) is 5.41 Å². The van der Waals surface area contributed by atoms with Crippen molar-refractivity contribution >= 4 is 5.78 Å². The van der Waals surface area contributed by atoms with Crippen LogP contribution in [0.2, 0.25) is 0 Å². The fraction of sp³-hybridized carbons (Fsp3) is 0.923. The van der Waals surface area contributed by atoms with E-state index in [9.17, 15) is 4.79 Å². The van der Waals surface area contributed by atoms with Gasteiger partial charge in [0.1, 0.15) is 5.60 Å². The highest BCUT2D eigenvalue weighted by atomic mass is 16.5. The Hall–Kier alpha value is -0.370. The Balaban J connectivity index is 4.40. The molecule has 0 spiro atoms. The second-order valence-electron chi connectivity index (χ2n) is 5.39. The number of methoxy groups -OCH3 is 1. The van der Waals surface area contributed by atoms with E-state index in [-0.39, 0.29) is 11.2 Å². The van der Waals surface area contributed by atoms with E-state index in [2.05, 4.69) is 20.8 Å². The van der Waals surface area contributed by atoms with Gasteiger partial charge in [0.15, 0.2) is 5.78 Å². The summed E-state index contributed by atoms with van der Waals surface area (Å²) in [5.74, 6) is 0.255. The van der Waals surface area contributed by atoms with E-state index in [1.54, 1.807) is 7.11 Å². The average molecular weight is 214 g/mol. The summed E-state index contributed by atoms with van der Waals surface area (Å²) < 4.78 is 5.41. The van der Waals surface area contributed by atoms with Crippen LogP contribution in [0.1, 0.15) is 60.3 Å².